The second kappa shape index (κ2) is 3.40. The van der Waals surface area contributed by atoms with Gasteiger partial charge in [-0.15, -0.1) is 6.42 Å². The normalized spacial score (nSPS) is 25.8. The fraction of sp³-hybridized carbons (Fsp3) is 0.625. The standard InChI is InChI=1S/C8H12N2O/c1-3-6(2)10-7-4-5-9-8(7)11/h1,6-7,10H,4-5H2,2H3,(H,9,11). The van der Waals surface area contributed by atoms with E-state index in [-0.39, 0.29) is 18.0 Å². The highest BCUT2D eigenvalue weighted by Crippen LogP contribution is 1.99. The Kier molecular flexibility index (Phi) is 2.50. The van der Waals surface area contributed by atoms with Crippen molar-refractivity contribution >= 4 is 5.91 Å². The first-order valence-electron chi connectivity index (χ1n) is 3.74. The first-order valence-corrected chi connectivity index (χ1v) is 3.74. The molecule has 3 nitrogen and oxygen atoms in total. The van der Waals surface area contributed by atoms with Gasteiger partial charge >= 0.3 is 0 Å². The highest BCUT2D eigenvalue weighted by molar-refractivity contribution is 5.83. The highest BCUT2D eigenvalue weighted by atomic mass is 16.2. The molecule has 1 saturated heterocycles. The molecule has 2 N–H and O–H groups in total. The van der Waals surface area contributed by atoms with Crippen molar-refractivity contribution in [1.29, 1.82) is 0 Å². The molecular formula is C8H12N2O. The van der Waals surface area contributed by atoms with Crippen LogP contribution in [0.4, 0.5) is 0 Å². The van der Waals surface area contributed by atoms with E-state index in [9.17, 15) is 4.79 Å². The molecule has 1 amide bonds. The van der Waals surface area contributed by atoms with Gasteiger partial charge < -0.3 is 5.32 Å². The summed E-state index contributed by atoms with van der Waals surface area (Å²) in [5.41, 5.74) is 0. The molecule has 3 heteroatoms. The molecule has 0 spiro atoms. The number of nitrogens with one attached hydrogen (secondary N) is 2. The van der Waals surface area contributed by atoms with Crippen molar-refractivity contribution in [2.45, 2.75) is 25.4 Å². The van der Waals surface area contributed by atoms with Crippen LogP contribution in [0.25, 0.3) is 0 Å². The van der Waals surface area contributed by atoms with E-state index in [0.29, 0.717) is 0 Å². The van der Waals surface area contributed by atoms with E-state index in [4.69, 9.17) is 6.42 Å². The lowest BCUT2D eigenvalue weighted by molar-refractivity contribution is -0.120. The van der Waals surface area contributed by atoms with Crippen LogP contribution in [0.15, 0.2) is 0 Å². The Morgan fingerprint density at radius 1 is 1.91 bits per heavy atom. The summed E-state index contributed by atoms with van der Waals surface area (Å²) >= 11 is 0. The molecule has 2 atom stereocenters. The molecule has 1 heterocycles. The van der Waals surface area contributed by atoms with Gasteiger partial charge in [-0.3, -0.25) is 10.1 Å². The van der Waals surface area contributed by atoms with Gasteiger partial charge in [-0.25, -0.2) is 0 Å². The van der Waals surface area contributed by atoms with E-state index < -0.39 is 0 Å². The van der Waals surface area contributed by atoms with Gasteiger partial charge in [-0.2, -0.15) is 0 Å². The Balaban J connectivity index is 2.38. The molecule has 0 bridgehead atoms. The van der Waals surface area contributed by atoms with Gasteiger partial charge in [0.1, 0.15) is 0 Å². The van der Waals surface area contributed by atoms with Crippen molar-refractivity contribution in [3.05, 3.63) is 0 Å². The number of terminal acetylenes is 1. The molecule has 11 heavy (non-hydrogen) atoms. The van der Waals surface area contributed by atoms with E-state index in [1.165, 1.54) is 0 Å². The summed E-state index contributed by atoms with van der Waals surface area (Å²) in [6.07, 6.45) is 5.99. The number of amides is 1. The number of rotatable bonds is 2. The molecule has 1 rings (SSSR count). The number of carbonyl (C=O) groups is 1. The van der Waals surface area contributed by atoms with Crippen molar-refractivity contribution in [2.75, 3.05) is 6.54 Å². The predicted molar refractivity (Wildman–Crippen MR) is 42.8 cm³/mol. The van der Waals surface area contributed by atoms with Crippen LogP contribution < -0.4 is 10.6 Å². The van der Waals surface area contributed by atoms with Crippen LogP contribution in [0.1, 0.15) is 13.3 Å². The Hall–Kier alpha value is -1.01. The zero-order valence-corrected chi connectivity index (χ0v) is 6.55. The largest absolute Gasteiger partial charge is 0.355 e. The van der Waals surface area contributed by atoms with Gasteiger partial charge in [-0.1, -0.05) is 5.92 Å². The van der Waals surface area contributed by atoms with Crippen LogP contribution in [0, 0.1) is 12.3 Å². The topological polar surface area (TPSA) is 41.1 Å². The first-order chi connectivity index (χ1) is 5.24. The van der Waals surface area contributed by atoms with Gasteiger partial charge in [0.05, 0.1) is 12.1 Å². The minimum Gasteiger partial charge on any atom is -0.355 e. The minimum atomic E-state index is -0.0824. The van der Waals surface area contributed by atoms with Crippen molar-refractivity contribution < 1.29 is 4.79 Å². The molecule has 0 aliphatic carbocycles. The van der Waals surface area contributed by atoms with Crippen LogP contribution in [0.2, 0.25) is 0 Å². The Labute approximate surface area is 66.5 Å². The Bertz CT molecular complexity index is 195. The first kappa shape index (κ1) is 8.09. The molecule has 1 aliphatic rings. The van der Waals surface area contributed by atoms with Gasteiger partial charge in [0.25, 0.3) is 0 Å². The number of hydrogen-bond donors (Lipinski definition) is 2. The Morgan fingerprint density at radius 2 is 2.64 bits per heavy atom. The molecule has 0 aromatic carbocycles. The molecule has 0 aromatic heterocycles. The highest BCUT2D eigenvalue weighted by Gasteiger charge is 2.24. The number of carbonyl (C=O) groups excluding carboxylic acids is 1. The van der Waals surface area contributed by atoms with Crippen LogP contribution >= 0.6 is 0 Å². The van der Waals surface area contributed by atoms with Crippen LogP contribution in [0.5, 0.6) is 0 Å². The second-order valence-electron chi connectivity index (χ2n) is 2.69. The van der Waals surface area contributed by atoms with E-state index >= 15 is 0 Å². The quantitative estimate of drug-likeness (QED) is 0.523. The summed E-state index contributed by atoms with van der Waals surface area (Å²) in [7, 11) is 0. The fourth-order valence-electron chi connectivity index (χ4n) is 1.10. The molecule has 2 unspecified atom stereocenters. The lowest BCUT2D eigenvalue weighted by Crippen LogP contribution is -2.40. The summed E-state index contributed by atoms with van der Waals surface area (Å²) < 4.78 is 0. The molecule has 0 saturated carbocycles. The summed E-state index contributed by atoms with van der Waals surface area (Å²) in [6.45, 7) is 2.62. The Morgan fingerprint density at radius 3 is 3.09 bits per heavy atom. The smallest absolute Gasteiger partial charge is 0.237 e. The zero-order chi connectivity index (χ0) is 8.27. The minimum absolute atomic E-state index is 0.0242. The third-order valence-corrected chi connectivity index (χ3v) is 1.75. The van der Waals surface area contributed by atoms with Gasteiger partial charge in [0.2, 0.25) is 5.91 Å². The molecule has 1 aliphatic heterocycles. The zero-order valence-electron chi connectivity index (χ0n) is 6.55. The van der Waals surface area contributed by atoms with E-state index in [1.807, 2.05) is 6.92 Å². The summed E-state index contributed by atoms with van der Waals surface area (Å²) in [4.78, 5) is 11.0. The van der Waals surface area contributed by atoms with Crippen molar-refractivity contribution in [3.63, 3.8) is 0 Å². The monoisotopic (exact) mass is 152 g/mol. The second-order valence-corrected chi connectivity index (χ2v) is 2.69. The van der Waals surface area contributed by atoms with E-state index in [1.54, 1.807) is 0 Å². The van der Waals surface area contributed by atoms with E-state index in [0.717, 1.165) is 13.0 Å². The van der Waals surface area contributed by atoms with Crippen LogP contribution in [-0.2, 0) is 4.79 Å². The molecule has 1 fully saturated rings. The van der Waals surface area contributed by atoms with Crippen molar-refractivity contribution in [2.24, 2.45) is 0 Å². The van der Waals surface area contributed by atoms with Crippen LogP contribution in [0.3, 0.4) is 0 Å². The SMILES string of the molecule is C#CC(C)NC1CCNC1=O. The van der Waals surface area contributed by atoms with Gasteiger partial charge in [0.15, 0.2) is 0 Å². The van der Waals surface area contributed by atoms with Crippen LogP contribution in [-0.4, -0.2) is 24.5 Å². The van der Waals surface area contributed by atoms with Crippen molar-refractivity contribution in [3.8, 4) is 12.3 Å². The summed E-state index contributed by atoms with van der Waals surface area (Å²) in [5, 5.41) is 5.76. The van der Waals surface area contributed by atoms with Gasteiger partial charge in [-0.05, 0) is 13.3 Å². The fourth-order valence-corrected chi connectivity index (χ4v) is 1.10. The maximum absolute atomic E-state index is 11.0. The molecule has 0 aromatic rings. The predicted octanol–water partition coefficient (Wildman–Crippen LogP) is -0.514. The van der Waals surface area contributed by atoms with Crippen molar-refractivity contribution in [1.82, 2.24) is 10.6 Å². The molecular weight excluding hydrogens is 140 g/mol. The maximum atomic E-state index is 11.0. The average molecular weight is 152 g/mol. The lowest BCUT2D eigenvalue weighted by Gasteiger charge is -2.11. The third kappa shape index (κ3) is 1.95. The molecule has 60 valence electrons. The maximum Gasteiger partial charge on any atom is 0.237 e. The third-order valence-electron chi connectivity index (χ3n) is 1.75. The van der Waals surface area contributed by atoms with E-state index in [2.05, 4.69) is 16.6 Å². The number of hydrogen-bond acceptors (Lipinski definition) is 2. The summed E-state index contributed by atoms with van der Waals surface area (Å²) in [5.74, 6) is 2.58. The lowest BCUT2D eigenvalue weighted by atomic mass is 10.2. The average Bonchev–Trinajstić information content (AvgIpc) is 2.37. The molecule has 0 radical (unpaired) electrons. The van der Waals surface area contributed by atoms with Gasteiger partial charge in [0, 0.05) is 6.54 Å². The summed E-state index contributed by atoms with van der Waals surface area (Å²) in [6, 6.07) is -0.107.